The van der Waals surface area contributed by atoms with Crippen LogP contribution >= 0.6 is 0 Å². The largest absolute Gasteiger partial charge is 0.490 e. The van der Waals surface area contributed by atoms with E-state index in [-0.39, 0.29) is 17.5 Å². The molecular formula is C18H18N6O4. The Labute approximate surface area is 160 Å². The molecule has 0 spiro atoms. The van der Waals surface area contributed by atoms with Crippen molar-refractivity contribution in [2.45, 2.75) is 6.10 Å². The van der Waals surface area contributed by atoms with Gasteiger partial charge in [-0.1, -0.05) is 0 Å². The van der Waals surface area contributed by atoms with Gasteiger partial charge >= 0.3 is 5.69 Å². The van der Waals surface area contributed by atoms with Crippen molar-refractivity contribution in [1.82, 2.24) is 20.3 Å². The van der Waals surface area contributed by atoms with E-state index in [2.05, 4.69) is 25.6 Å². The number of ether oxygens (including phenoxy) is 2. The Kier molecular flexibility index (Phi) is 4.96. The number of fused-ring (bicyclic) bond motifs is 1. The van der Waals surface area contributed by atoms with E-state index in [1.54, 1.807) is 6.20 Å². The summed E-state index contributed by atoms with van der Waals surface area (Å²) in [4.78, 5) is 23.6. The Bertz CT molecular complexity index is 1020. The van der Waals surface area contributed by atoms with Gasteiger partial charge in [-0.25, -0.2) is 15.0 Å². The zero-order valence-corrected chi connectivity index (χ0v) is 15.1. The number of anilines is 2. The van der Waals surface area contributed by atoms with Crippen LogP contribution in [-0.4, -0.2) is 46.7 Å². The molecule has 0 amide bonds. The molecule has 10 nitrogen and oxygen atoms in total. The molecule has 1 fully saturated rings. The van der Waals surface area contributed by atoms with Crippen LogP contribution in [0.5, 0.6) is 5.75 Å². The molecule has 0 radical (unpaired) electrons. The van der Waals surface area contributed by atoms with Gasteiger partial charge in [-0.2, -0.15) is 0 Å². The maximum atomic E-state index is 11.3. The van der Waals surface area contributed by atoms with Gasteiger partial charge in [0, 0.05) is 31.4 Å². The molecule has 28 heavy (non-hydrogen) atoms. The highest BCUT2D eigenvalue weighted by Gasteiger charge is 2.19. The average molecular weight is 382 g/mol. The Balaban J connectivity index is 1.70. The van der Waals surface area contributed by atoms with E-state index in [4.69, 9.17) is 9.47 Å². The van der Waals surface area contributed by atoms with Crippen molar-refractivity contribution in [2.75, 3.05) is 32.1 Å². The highest BCUT2D eigenvalue weighted by Crippen LogP contribution is 2.34. The third kappa shape index (κ3) is 3.55. The number of nitro groups is 1. The number of aromatic nitrogens is 3. The number of benzene rings is 1. The summed E-state index contributed by atoms with van der Waals surface area (Å²) in [6.45, 7) is 2.21. The van der Waals surface area contributed by atoms with Crippen molar-refractivity contribution in [3.8, 4) is 5.75 Å². The molecule has 0 aliphatic carbocycles. The second-order valence-electron chi connectivity index (χ2n) is 6.18. The minimum absolute atomic E-state index is 0.0511. The minimum Gasteiger partial charge on any atom is -0.490 e. The molecule has 1 aliphatic heterocycles. The zero-order chi connectivity index (χ0) is 19.5. The first-order valence-electron chi connectivity index (χ1n) is 8.68. The Morgan fingerprint density at radius 2 is 2.21 bits per heavy atom. The van der Waals surface area contributed by atoms with Gasteiger partial charge in [-0.05, 0) is 17.7 Å². The molecule has 3 aromatic rings. The van der Waals surface area contributed by atoms with Crippen LogP contribution in [0.2, 0.25) is 0 Å². The monoisotopic (exact) mass is 382 g/mol. The SMILES string of the molecule is COc1cc2ncnc(Nc3cc(C4CNCCO4)ccn3)c2cc1[N+](=O)[O-]. The number of hydrogen-bond donors (Lipinski definition) is 2. The van der Waals surface area contributed by atoms with Gasteiger partial charge < -0.3 is 20.1 Å². The van der Waals surface area contributed by atoms with Crippen molar-refractivity contribution in [1.29, 1.82) is 0 Å². The van der Waals surface area contributed by atoms with Gasteiger partial charge in [0.15, 0.2) is 5.75 Å². The topological polar surface area (TPSA) is 124 Å². The Hall–Kier alpha value is -3.37. The fourth-order valence-corrected chi connectivity index (χ4v) is 3.09. The first-order valence-corrected chi connectivity index (χ1v) is 8.68. The third-order valence-corrected chi connectivity index (χ3v) is 4.46. The standard InChI is InChI=1S/C18H18N6O4/c1-27-15-8-13-12(7-14(15)24(25)26)18(22-10-21-13)23-17-6-11(2-3-20-17)16-9-19-4-5-28-16/h2-3,6-8,10,16,19H,4-5,9H2,1H3,(H,20,21,22,23). The molecule has 1 aromatic carbocycles. The molecule has 0 bridgehead atoms. The van der Waals surface area contributed by atoms with E-state index < -0.39 is 4.92 Å². The summed E-state index contributed by atoms with van der Waals surface area (Å²) in [5.74, 6) is 1.12. The lowest BCUT2D eigenvalue weighted by Crippen LogP contribution is -2.33. The predicted octanol–water partition coefficient (Wildman–Crippen LogP) is 2.35. The number of pyridine rings is 1. The molecule has 2 N–H and O–H groups in total. The van der Waals surface area contributed by atoms with Crippen LogP contribution in [0.25, 0.3) is 10.9 Å². The molecule has 1 saturated heterocycles. The van der Waals surface area contributed by atoms with E-state index in [1.807, 2.05) is 12.1 Å². The second kappa shape index (κ2) is 7.71. The fourth-order valence-electron chi connectivity index (χ4n) is 3.09. The molecule has 0 saturated carbocycles. The summed E-state index contributed by atoms with van der Waals surface area (Å²) in [6.07, 6.45) is 3.02. The molecule has 1 aliphatic rings. The third-order valence-electron chi connectivity index (χ3n) is 4.46. The molecule has 4 rings (SSSR count). The molecule has 3 heterocycles. The molecule has 10 heteroatoms. The molecule has 2 aromatic heterocycles. The summed E-state index contributed by atoms with van der Waals surface area (Å²) in [5.41, 5.74) is 1.35. The number of hydrogen-bond acceptors (Lipinski definition) is 9. The van der Waals surface area contributed by atoms with Crippen LogP contribution in [0.1, 0.15) is 11.7 Å². The summed E-state index contributed by atoms with van der Waals surface area (Å²) < 4.78 is 10.9. The molecule has 1 atom stereocenters. The lowest BCUT2D eigenvalue weighted by molar-refractivity contribution is -0.385. The highest BCUT2D eigenvalue weighted by atomic mass is 16.6. The van der Waals surface area contributed by atoms with Gasteiger partial charge in [-0.15, -0.1) is 0 Å². The van der Waals surface area contributed by atoms with Crippen LogP contribution < -0.4 is 15.4 Å². The summed E-state index contributed by atoms with van der Waals surface area (Å²) in [6, 6.07) is 6.69. The second-order valence-corrected chi connectivity index (χ2v) is 6.18. The van der Waals surface area contributed by atoms with Crippen LogP contribution in [0.15, 0.2) is 36.8 Å². The maximum absolute atomic E-state index is 11.3. The molecule has 144 valence electrons. The fraction of sp³-hybridized carbons (Fsp3) is 0.278. The van der Waals surface area contributed by atoms with E-state index in [0.29, 0.717) is 29.1 Å². The lowest BCUT2D eigenvalue weighted by Gasteiger charge is -2.24. The van der Waals surface area contributed by atoms with Crippen LogP contribution in [0.3, 0.4) is 0 Å². The Morgan fingerprint density at radius 3 is 2.96 bits per heavy atom. The Morgan fingerprint density at radius 1 is 1.32 bits per heavy atom. The quantitative estimate of drug-likeness (QED) is 0.505. The van der Waals surface area contributed by atoms with Gasteiger partial charge in [-0.3, -0.25) is 10.1 Å². The van der Waals surface area contributed by atoms with Crippen molar-refractivity contribution in [3.63, 3.8) is 0 Å². The zero-order valence-electron chi connectivity index (χ0n) is 15.1. The normalized spacial score (nSPS) is 16.7. The highest BCUT2D eigenvalue weighted by molar-refractivity contribution is 5.93. The van der Waals surface area contributed by atoms with Crippen LogP contribution in [0.4, 0.5) is 17.3 Å². The molecule has 1 unspecified atom stereocenters. The average Bonchev–Trinajstić information content (AvgIpc) is 2.74. The van der Waals surface area contributed by atoms with Crippen molar-refractivity contribution in [3.05, 3.63) is 52.5 Å². The first-order chi connectivity index (χ1) is 13.7. The predicted molar refractivity (Wildman–Crippen MR) is 102 cm³/mol. The number of nitrogens with zero attached hydrogens (tertiary/aromatic N) is 4. The number of nitrogens with one attached hydrogen (secondary N) is 2. The van der Waals surface area contributed by atoms with Gasteiger partial charge in [0.1, 0.15) is 18.0 Å². The van der Waals surface area contributed by atoms with Crippen LogP contribution in [-0.2, 0) is 4.74 Å². The van der Waals surface area contributed by atoms with Crippen molar-refractivity contribution >= 4 is 28.2 Å². The van der Waals surface area contributed by atoms with Gasteiger partial charge in [0.2, 0.25) is 0 Å². The summed E-state index contributed by atoms with van der Waals surface area (Å²) >= 11 is 0. The first kappa shape index (κ1) is 18.0. The van der Waals surface area contributed by atoms with Gasteiger partial charge in [0.05, 0.1) is 35.6 Å². The van der Waals surface area contributed by atoms with E-state index >= 15 is 0 Å². The van der Waals surface area contributed by atoms with Crippen molar-refractivity contribution in [2.24, 2.45) is 0 Å². The number of morpholine rings is 1. The maximum Gasteiger partial charge on any atom is 0.311 e. The number of methoxy groups -OCH3 is 1. The van der Waals surface area contributed by atoms with E-state index in [0.717, 1.165) is 18.7 Å². The van der Waals surface area contributed by atoms with Crippen LogP contribution in [0, 0.1) is 10.1 Å². The van der Waals surface area contributed by atoms with E-state index in [1.165, 1.54) is 25.6 Å². The van der Waals surface area contributed by atoms with Gasteiger partial charge in [0.25, 0.3) is 0 Å². The minimum atomic E-state index is -0.499. The smallest absolute Gasteiger partial charge is 0.311 e. The lowest BCUT2D eigenvalue weighted by atomic mass is 10.1. The van der Waals surface area contributed by atoms with E-state index in [9.17, 15) is 10.1 Å². The summed E-state index contributed by atoms with van der Waals surface area (Å²) in [7, 11) is 1.38. The van der Waals surface area contributed by atoms with Crippen molar-refractivity contribution < 1.29 is 14.4 Å². The number of nitro benzene ring substituents is 1. The number of rotatable bonds is 5. The molecular weight excluding hydrogens is 364 g/mol. The summed E-state index contributed by atoms with van der Waals surface area (Å²) in [5, 5.41) is 18.3.